The average Bonchev–Trinajstić information content (AvgIpc) is 2.54. The van der Waals surface area contributed by atoms with E-state index in [0.717, 1.165) is 12.2 Å². The number of aryl methyl sites for hydroxylation is 1. The molecule has 2 rings (SSSR count). The van der Waals surface area contributed by atoms with Gasteiger partial charge in [0.2, 0.25) is 0 Å². The molecule has 2 aromatic carbocycles. The molecule has 0 bridgehead atoms. The predicted octanol–water partition coefficient (Wildman–Crippen LogP) is 6.09. The minimum absolute atomic E-state index is 0.165. The summed E-state index contributed by atoms with van der Waals surface area (Å²) in [5.41, 5.74) is 1.35. The van der Waals surface area contributed by atoms with Gasteiger partial charge in [-0.2, -0.15) is 0 Å². The van der Waals surface area contributed by atoms with Crippen molar-refractivity contribution in [1.29, 1.82) is 0 Å². The molecule has 0 spiro atoms. The minimum atomic E-state index is 0.165. The first-order valence-electron chi connectivity index (χ1n) is 8.34. The van der Waals surface area contributed by atoms with Gasteiger partial charge < -0.3 is 9.84 Å². The first-order valence-corrected chi connectivity index (χ1v) is 8.34. The number of hydrogen-bond donors (Lipinski definition) is 1. The SMILES string of the molecule is CCCCCCCCc1ccc(Oc2ccccc2O)cc1. The molecule has 118 valence electrons. The van der Waals surface area contributed by atoms with Crippen molar-refractivity contribution in [3.05, 3.63) is 54.1 Å². The molecular weight excluding hydrogens is 272 g/mol. The van der Waals surface area contributed by atoms with Gasteiger partial charge in [0.05, 0.1) is 0 Å². The predicted molar refractivity (Wildman–Crippen MR) is 91.7 cm³/mol. The van der Waals surface area contributed by atoms with Crippen LogP contribution in [-0.2, 0) is 6.42 Å². The first-order chi connectivity index (χ1) is 10.8. The van der Waals surface area contributed by atoms with Crippen LogP contribution in [0, 0.1) is 0 Å². The second-order valence-electron chi connectivity index (χ2n) is 5.73. The van der Waals surface area contributed by atoms with Gasteiger partial charge in [0.25, 0.3) is 0 Å². The summed E-state index contributed by atoms with van der Waals surface area (Å²) in [7, 11) is 0. The quantitative estimate of drug-likeness (QED) is 0.568. The van der Waals surface area contributed by atoms with Gasteiger partial charge in [-0.05, 0) is 42.7 Å². The van der Waals surface area contributed by atoms with Gasteiger partial charge >= 0.3 is 0 Å². The van der Waals surface area contributed by atoms with Crippen LogP contribution in [0.15, 0.2) is 48.5 Å². The molecule has 2 heteroatoms. The number of para-hydroxylation sites is 2. The Hall–Kier alpha value is -1.96. The number of rotatable bonds is 9. The van der Waals surface area contributed by atoms with Crippen LogP contribution in [0.1, 0.15) is 51.0 Å². The highest BCUT2D eigenvalue weighted by Crippen LogP contribution is 2.30. The molecule has 0 aliphatic carbocycles. The van der Waals surface area contributed by atoms with Crippen molar-refractivity contribution in [3.63, 3.8) is 0 Å². The van der Waals surface area contributed by atoms with Crippen molar-refractivity contribution in [2.24, 2.45) is 0 Å². The molecular formula is C20H26O2. The standard InChI is InChI=1S/C20H26O2/c1-2-3-4-5-6-7-10-17-13-15-18(16-14-17)22-20-12-9-8-11-19(20)21/h8-9,11-16,21H,2-7,10H2,1H3. The Labute approximate surface area is 133 Å². The van der Waals surface area contributed by atoms with E-state index in [0.29, 0.717) is 5.75 Å². The summed E-state index contributed by atoms with van der Waals surface area (Å²) in [6, 6.07) is 15.2. The van der Waals surface area contributed by atoms with Gasteiger partial charge in [-0.25, -0.2) is 0 Å². The second kappa shape index (κ2) is 9.14. The van der Waals surface area contributed by atoms with E-state index in [-0.39, 0.29) is 5.75 Å². The molecule has 22 heavy (non-hydrogen) atoms. The van der Waals surface area contributed by atoms with Crippen LogP contribution in [0.3, 0.4) is 0 Å². The minimum Gasteiger partial charge on any atom is -0.504 e. The Bertz CT molecular complexity index is 546. The molecule has 0 amide bonds. The molecule has 2 nitrogen and oxygen atoms in total. The zero-order chi connectivity index (χ0) is 15.6. The smallest absolute Gasteiger partial charge is 0.169 e. The number of hydrogen-bond acceptors (Lipinski definition) is 2. The molecule has 0 aliphatic rings. The molecule has 0 fully saturated rings. The fourth-order valence-electron chi connectivity index (χ4n) is 2.50. The van der Waals surface area contributed by atoms with Crippen LogP contribution in [0.4, 0.5) is 0 Å². The first kappa shape index (κ1) is 16.4. The van der Waals surface area contributed by atoms with Gasteiger partial charge in [0.15, 0.2) is 11.5 Å². The van der Waals surface area contributed by atoms with Gasteiger partial charge in [-0.1, -0.05) is 63.3 Å². The lowest BCUT2D eigenvalue weighted by atomic mass is 10.0. The van der Waals surface area contributed by atoms with Crippen LogP contribution in [-0.4, -0.2) is 5.11 Å². The van der Waals surface area contributed by atoms with Crippen molar-refractivity contribution in [3.8, 4) is 17.2 Å². The molecule has 2 aromatic rings. The monoisotopic (exact) mass is 298 g/mol. The summed E-state index contributed by atoms with van der Waals surface area (Å²) in [6.07, 6.45) is 9.07. The summed E-state index contributed by atoms with van der Waals surface area (Å²) in [6.45, 7) is 2.25. The van der Waals surface area contributed by atoms with Gasteiger partial charge in [-0.15, -0.1) is 0 Å². The summed E-state index contributed by atoms with van der Waals surface area (Å²) >= 11 is 0. The van der Waals surface area contributed by atoms with Crippen molar-refractivity contribution in [2.45, 2.75) is 51.9 Å². The number of unbranched alkanes of at least 4 members (excludes halogenated alkanes) is 5. The highest BCUT2D eigenvalue weighted by molar-refractivity contribution is 5.41. The lowest BCUT2D eigenvalue weighted by Gasteiger charge is -2.08. The van der Waals surface area contributed by atoms with E-state index in [1.54, 1.807) is 18.2 Å². The third-order valence-corrected chi connectivity index (χ3v) is 3.84. The van der Waals surface area contributed by atoms with Crippen LogP contribution in [0.5, 0.6) is 17.2 Å². The largest absolute Gasteiger partial charge is 0.504 e. The fourth-order valence-corrected chi connectivity index (χ4v) is 2.50. The highest BCUT2D eigenvalue weighted by atomic mass is 16.5. The van der Waals surface area contributed by atoms with Crippen molar-refractivity contribution in [2.75, 3.05) is 0 Å². The van der Waals surface area contributed by atoms with E-state index in [2.05, 4.69) is 19.1 Å². The maximum atomic E-state index is 9.71. The molecule has 0 heterocycles. The van der Waals surface area contributed by atoms with E-state index < -0.39 is 0 Å². The van der Waals surface area contributed by atoms with Gasteiger partial charge in [-0.3, -0.25) is 0 Å². The zero-order valence-electron chi connectivity index (χ0n) is 13.4. The van der Waals surface area contributed by atoms with Crippen LogP contribution < -0.4 is 4.74 Å². The maximum Gasteiger partial charge on any atom is 0.169 e. The molecule has 1 N–H and O–H groups in total. The molecule has 0 saturated heterocycles. The van der Waals surface area contributed by atoms with Crippen LogP contribution >= 0.6 is 0 Å². The normalized spacial score (nSPS) is 10.6. The third kappa shape index (κ3) is 5.44. The lowest BCUT2D eigenvalue weighted by molar-refractivity contribution is 0.411. The van der Waals surface area contributed by atoms with E-state index >= 15 is 0 Å². The van der Waals surface area contributed by atoms with Crippen LogP contribution in [0.25, 0.3) is 0 Å². The van der Waals surface area contributed by atoms with Crippen LogP contribution in [0.2, 0.25) is 0 Å². The molecule has 0 aromatic heterocycles. The van der Waals surface area contributed by atoms with Gasteiger partial charge in [0.1, 0.15) is 5.75 Å². The number of phenolic OH excluding ortho intramolecular Hbond substituents is 1. The number of benzene rings is 2. The third-order valence-electron chi connectivity index (χ3n) is 3.84. The summed E-state index contributed by atoms with van der Waals surface area (Å²) in [4.78, 5) is 0. The van der Waals surface area contributed by atoms with Crippen molar-refractivity contribution in [1.82, 2.24) is 0 Å². The summed E-state index contributed by atoms with van der Waals surface area (Å²) in [5, 5.41) is 9.71. The Morgan fingerprint density at radius 2 is 1.50 bits per heavy atom. The molecule has 0 saturated carbocycles. The average molecular weight is 298 g/mol. The Morgan fingerprint density at radius 3 is 2.23 bits per heavy atom. The number of phenols is 1. The highest BCUT2D eigenvalue weighted by Gasteiger charge is 2.02. The van der Waals surface area contributed by atoms with Crippen molar-refractivity contribution < 1.29 is 9.84 Å². The van der Waals surface area contributed by atoms with Crippen molar-refractivity contribution >= 4 is 0 Å². The Kier molecular flexibility index (Phi) is 6.82. The Balaban J connectivity index is 1.77. The maximum absolute atomic E-state index is 9.71. The number of ether oxygens (including phenoxy) is 1. The topological polar surface area (TPSA) is 29.5 Å². The fraction of sp³-hybridized carbons (Fsp3) is 0.400. The molecule has 0 unspecified atom stereocenters. The summed E-state index contributed by atoms with van der Waals surface area (Å²) in [5.74, 6) is 1.41. The van der Waals surface area contributed by atoms with E-state index in [1.165, 1.54) is 44.1 Å². The number of aromatic hydroxyl groups is 1. The van der Waals surface area contributed by atoms with E-state index in [4.69, 9.17) is 4.74 Å². The molecule has 0 radical (unpaired) electrons. The van der Waals surface area contributed by atoms with E-state index in [9.17, 15) is 5.11 Å². The van der Waals surface area contributed by atoms with E-state index in [1.807, 2.05) is 18.2 Å². The second-order valence-corrected chi connectivity index (χ2v) is 5.73. The lowest BCUT2D eigenvalue weighted by Crippen LogP contribution is -1.88. The Morgan fingerprint density at radius 1 is 0.818 bits per heavy atom. The zero-order valence-corrected chi connectivity index (χ0v) is 13.4. The van der Waals surface area contributed by atoms with Gasteiger partial charge in [0, 0.05) is 0 Å². The molecule has 0 aliphatic heterocycles. The molecule has 0 atom stereocenters. The summed E-state index contributed by atoms with van der Waals surface area (Å²) < 4.78 is 5.68.